The number of benzene rings is 1. The molecule has 0 spiro atoms. The maximum atomic E-state index is 12.4. The fraction of sp³-hybridized carbons (Fsp3) is 0.500. The molecule has 2 N–H and O–H groups in total. The van der Waals surface area contributed by atoms with Crippen LogP contribution in [0.4, 0.5) is 18.9 Å². The Labute approximate surface area is 122 Å². The van der Waals surface area contributed by atoms with E-state index in [9.17, 15) is 18.0 Å². The summed E-state index contributed by atoms with van der Waals surface area (Å²) in [7, 11) is 3.90. The zero-order valence-corrected chi connectivity index (χ0v) is 12.1. The molecule has 0 fully saturated rings. The number of halogens is 3. The SMILES string of the molecule is CN(C)CCCNC(=O)CNc1ccc(C(F)(F)F)cc1. The highest BCUT2D eigenvalue weighted by Gasteiger charge is 2.29. The average molecular weight is 303 g/mol. The largest absolute Gasteiger partial charge is 0.416 e. The second-order valence-corrected chi connectivity index (χ2v) is 4.94. The molecule has 0 saturated heterocycles. The zero-order chi connectivity index (χ0) is 15.9. The molecule has 21 heavy (non-hydrogen) atoms. The number of nitrogens with one attached hydrogen (secondary N) is 2. The maximum Gasteiger partial charge on any atom is 0.416 e. The molecule has 1 amide bonds. The van der Waals surface area contributed by atoms with Gasteiger partial charge < -0.3 is 15.5 Å². The van der Waals surface area contributed by atoms with E-state index in [0.29, 0.717) is 12.2 Å². The Kier molecular flexibility index (Phi) is 6.48. The molecule has 1 rings (SSSR count). The summed E-state index contributed by atoms with van der Waals surface area (Å²) in [5, 5.41) is 5.52. The summed E-state index contributed by atoms with van der Waals surface area (Å²) < 4.78 is 37.1. The van der Waals surface area contributed by atoms with Gasteiger partial charge in [0.05, 0.1) is 12.1 Å². The molecule has 0 atom stereocenters. The van der Waals surface area contributed by atoms with E-state index in [1.54, 1.807) is 0 Å². The van der Waals surface area contributed by atoms with Gasteiger partial charge in [-0.1, -0.05) is 0 Å². The first kappa shape index (κ1) is 17.3. The van der Waals surface area contributed by atoms with E-state index in [0.717, 1.165) is 25.1 Å². The van der Waals surface area contributed by atoms with E-state index in [-0.39, 0.29) is 12.5 Å². The lowest BCUT2D eigenvalue weighted by atomic mass is 10.2. The number of hydrogen-bond acceptors (Lipinski definition) is 3. The lowest BCUT2D eigenvalue weighted by molar-refractivity contribution is -0.137. The number of alkyl halides is 3. The number of anilines is 1. The van der Waals surface area contributed by atoms with Crippen LogP contribution in [0.5, 0.6) is 0 Å². The quantitative estimate of drug-likeness (QED) is 0.759. The molecule has 0 bridgehead atoms. The molecule has 0 aliphatic rings. The second kappa shape index (κ2) is 7.87. The molecule has 7 heteroatoms. The van der Waals surface area contributed by atoms with Crippen molar-refractivity contribution in [2.24, 2.45) is 0 Å². The van der Waals surface area contributed by atoms with Crippen molar-refractivity contribution >= 4 is 11.6 Å². The zero-order valence-electron chi connectivity index (χ0n) is 12.1. The molecule has 0 radical (unpaired) electrons. The highest BCUT2D eigenvalue weighted by atomic mass is 19.4. The van der Waals surface area contributed by atoms with Gasteiger partial charge in [0.1, 0.15) is 0 Å². The fourth-order valence-corrected chi connectivity index (χ4v) is 1.64. The molecule has 0 aliphatic heterocycles. The van der Waals surface area contributed by atoms with E-state index >= 15 is 0 Å². The number of hydrogen-bond donors (Lipinski definition) is 2. The highest BCUT2D eigenvalue weighted by Crippen LogP contribution is 2.29. The Bertz CT molecular complexity index is 444. The van der Waals surface area contributed by atoms with Gasteiger partial charge in [-0.2, -0.15) is 13.2 Å². The van der Waals surface area contributed by atoms with Crippen molar-refractivity contribution in [1.29, 1.82) is 0 Å². The molecule has 1 aromatic carbocycles. The Balaban J connectivity index is 2.30. The van der Waals surface area contributed by atoms with Gasteiger partial charge >= 0.3 is 6.18 Å². The normalized spacial score (nSPS) is 11.5. The smallest absolute Gasteiger partial charge is 0.376 e. The van der Waals surface area contributed by atoms with Crippen LogP contribution in [0.15, 0.2) is 24.3 Å². The van der Waals surface area contributed by atoms with Crippen molar-refractivity contribution in [3.05, 3.63) is 29.8 Å². The lowest BCUT2D eigenvalue weighted by Crippen LogP contribution is -2.31. The van der Waals surface area contributed by atoms with Gasteiger partial charge in [0.15, 0.2) is 0 Å². The van der Waals surface area contributed by atoms with Crippen molar-refractivity contribution in [3.8, 4) is 0 Å². The number of amides is 1. The molecule has 118 valence electrons. The van der Waals surface area contributed by atoms with E-state index in [1.807, 2.05) is 19.0 Å². The summed E-state index contributed by atoms with van der Waals surface area (Å²) in [5.41, 5.74) is -0.229. The molecule has 0 heterocycles. The first-order valence-electron chi connectivity index (χ1n) is 6.61. The predicted octanol–water partition coefficient (Wildman–Crippen LogP) is 2.19. The number of rotatable bonds is 7. The van der Waals surface area contributed by atoms with Gasteiger partial charge in [-0.05, 0) is 51.3 Å². The number of carbonyl (C=O) groups is 1. The van der Waals surface area contributed by atoms with Crippen molar-refractivity contribution in [1.82, 2.24) is 10.2 Å². The van der Waals surface area contributed by atoms with Gasteiger partial charge in [0.2, 0.25) is 5.91 Å². The van der Waals surface area contributed by atoms with E-state index in [2.05, 4.69) is 10.6 Å². The first-order chi connectivity index (χ1) is 9.79. The van der Waals surface area contributed by atoms with Crippen LogP contribution in [0.1, 0.15) is 12.0 Å². The highest BCUT2D eigenvalue weighted by molar-refractivity contribution is 5.80. The van der Waals surface area contributed by atoms with Crippen LogP contribution in [0.3, 0.4) is 0 Å². The Morgan fingerprint density at radius 2 is 1.81 bits per heavy atom. The Morgan fingerprint density at radius 3 is 2.33 bits per heavy atom. The Morgan fingerprint density at radius 1 is 1.19 bits per heavy atom. The van der Waals surface area contributed by atoms with E-state index < -0.39 is 11.7 Å². The molecular weight excluding hydrogens is 283 g/mol. The van der Waals surface area contributed by atoms with Crippen molar-refractivity contribution < 1.29 is 18.0 Å². The molecule has 4 nitrogen and oxygen atoms in total. The summed E-state index contributed by atoms with van der Waals surface area (Å²) in [6.45, 7) is 1.49. The van der Waals surface area contributed by atoms with E-state index in [1.165, 1.54) is 12.1 Å². The minimum absolute atomic E-state index is 0.0350. The maximum absolute atomic E-state index is 12.4. The third-order valence-electron chi connectivity index (χ3n) is 2.77. The summed E-state index contributed by atoms with van der Waals surface area (Å²) in [6.07, 6.45) is -3.50. The van der Waals surface area contributed by atoms with Crippen molar-refractivity contribution in [3.63, 3.8) is 0 Å². The van der Waals surface area contributed by atoms with Crippen LogP contribution in [0.2, 0.25) is 0 Å². The standard InChI is InChI=1S/C14H20F3N3O/c1-20(2)9-3-8-18-13(21)10-19-12-6-4-11(5-7-12)14(15,16)17/h4-7,19H,3,8-10H2,1-2H3,(H,18,21). The van der Waals surface area contributed by atoms with Crippen LogP contribution in [0.25, 0.3) is 0 Å². The minimum atomic E-state index is -4.34. The van der Waals surface area contributed by atoms with Gasteiger partial charge in [0.25, 0.3) is 0 Å². The van der Waals surface area contributed by atoms with Gasteiger partial charge in [-0.3, -0.25) is 4.79 Å². The van der Waals surface area contributed by atoms with Crippen LogP contribution in [0, 0.1) is 0 Å². The van der Waals surface area contributed by atoms with Crippen LogP contribution in [-0.2, 0) is 11.0 Å². The molecule has 1 aromatic rings. The molecule has 0 saturated carbocycles. The lowest BCUT2D eigenvalue weighted by Gasteiger charge is -2.11. The topological polar surface area (TPSA) is 44.4 Å². The van der Waals surface area contributed by atoms with Crippen LogP contribution in [-0.4, -0.2) is 44.5 Å². The summed E-state index contributed by atoms with van der Waals surface area (Å²) in [6, 6.07) is 4.58. The summed E-state index contributed by atoms with van der Waals surface area (Å²) in [5.74, 6) is -0.186. The van der Waals surface area contributed by atoms with Gasteiger partial charge in [-0.15, -0.1) is 0 Å². The average Bonchev–Trinajstić information content (AvgIpc) is 2.40. The van der Waals surface area contributed by atoms with E-state index in [4.69, 9.17) is 0 Å². The third kappa shape index (κ3) is 6.99. The third-order valence-corrected chi connectivity index (χ3v) is 2.77. The molecule has 0 aromatic heterocycles. The number of carbonyl (C=O) groups excluding carboxylic acids is 1. The number of nitrogens with zero attached hydrogens (tertiary/aromatic N) is 1. The monoisotopic (exact) mass is 303 g/mol. The molecule has 0 unspecified atom stereocenters. The molecule has 0 aliphatic carbocycles. The van der Waals surface area contributed by atoms with Gasteiger partial charge in [-0.25, -0.2) is 0 Å². The summed E-state index contributed by atoms with van der Waals surface area (Å²) >= 11 is 0. The molecular formula is C14H20F3N3O. The van der Waals surface area contributed by atoms with Gasteiger partial charge in [0, 0.05) is 12.2 Å². The van der Waals surface area contributed by atoms with Crippen molar-refractivity contribution in [2.45, 2.75) is 12.6 Å². The van der Waals surface area contributed by atoms with Crippen LogP contribution >= 0.6 is 0 Å². The minimum Gasteiger partial charge on any atom is -0.376 e. The fourth-order valence-electron chi connectivity index (χ4n) is 1.64. The second-order valence-electron chi connectivity index (χ2n) is 4.94. The Hall–Kier alpha value is -1.76. The predicted molar refractivity (Wildman–Crippen MR) is 76.1 cm³/mol. The van der Waals surface area contributed by atoms with Crippen LogP contribution < -0.4 is 10.6 Å². The summed E-state index contributed by atoms with van der Waals surface area (Å²) in [4.78, 5) is 13.5. The van der Waals surface area contributed by atoms with Crippen molar-refractivity contribution in [2.75, 3.05) is 39.0 Å². The first-order valence-corrected chi connectivity index (χ1v) is 6.61.